The van der Waals surface area contributed by atoms with Gasteiger partial charge in [-0.2, -0.15) is 13.2 Å². The Bertz CT molecular complexity index is 1430. The topological polar surface area (TPSA) is 92.8 Å². The molecule has 1 aliphatic rings. The first-order valence-electron chi connectivity index (χ1n) is 10.5. The minimum absolute atomic E-state index is 0.0274. The van der Waals surface area contributed by atoms with Crippen LogP contribution in [0.4, 0.5) is 23.7 Å². The molecule has 0 aliphatic carbocycles. The molecule has 10 heteroatoms. The van der Waals surface area contributed by atoms with Crippen LogP contribution in [-0.2, 0) is 15.8 Å². The molecule has 182 valence electrons. The number of imide groups is 2. The summed E-state index contributed by atoms with van der Waals surface area (Å²) < 4.78 is 44.9. The van der Waals surface area contributed by atoms with Crippen molar-refractivity contribution >= 4 is 35.6 Å². The number of nitrogens with zero attached hydrogens (tertiary/aromatic N) is 1. The van der Waals surface area contributed by atoms with Gasteiger partial charge in [-0.3, -0.25) is 14.9 Å². The van der Waals surface area contributed by atoms with Gasteiger partial charge in [0.05, 0.1) is 16.8 Å². The number of alkyl halides is 3. The number of nitrogens with one attached hydrogen (secondary N) is 1. The standard InChI is InChI=1S/C26H17F3N2O5/c1-15-6-4-8-17(12-15)24(34)36-21-11-3-2-7-16(21)13-20-22(32)30-25(35)31(23(20)33)19-10-5-9-18(14-19)26(27,28)29/h2-14H,1H3,(H,30,32,35)/b20-13-. The molecule has 3 aromatic rings. The van der Waals surface area contributed by atoms with Gasteiger partial charge in [0.1, 0.15) is 11.3 Å². The predicted octanol–water partition coefficient (Wildman–Crippen LogP) is 4.90. The number of anilines is 1. The fourth-order valence-corrected chi connectivity index (χ4v) is 3.49. The minimum atomic E-state index is -4.71. The number of halogens is 3. The molecule has 0 spiro atoms. The second-order valence-electron chi connectivity index (χ2n) is 7.80. The predicted molar refractivity (Wildman–Crippen MR) is 123 cm³/mol. The fraction of sp³-hybridized carbons (Fsp3) is 0.0769. The first kappa shape index (κ1) is 24.4. The number of barbiturate groups is 1. The number of para-hydroxylation sites is 1. The van der Waals surface area contributed by atoms with Crippen molar-refractivity contribution < 1.29 is 37.1 Å². The van der Waals surface area contributed by atoms with Crippen LogP contribution < -0.4 is 15.0 Å². The van der Waals surface area contributed by atoms with Gasteiger partial charge in [0.15, 0.2) is 0 Å². The highest BCUT2D eigenvalue weighted by atomic mass is 19.4. The molecule has 7 nitrogen and oxygen atoms in total. The van der Waals surface area contributed by atoms with Crippen molar-refractivity contribution in [2.24, 2.45) is 0 Å². The van der Waals surface area contributed by atoms with Gasteiger partial charge in [-0.1, -0.05) is 42.0 Å². The van der Waals surface area contributed by atoms with Crippen LogP contribution in [0.15, 0.2) is 78.4 Å². The Morgan fingerprint density at radius 1 is 0.944 bits per heavy atom. The molecule has 0 atom stereocenters. The smallest absolute Gasteiger partial charge is 0.416 e. The van der Waals surface area contributed by atoms with E-state index in [0.717, 1.165) is 29.8 Å². The summed E-state index contributed by atoms with van der Waals surface area (Å²) in [6, 6.07) is 15.1. The van der Waals surface area contributed by atoms with E-state index in [9.17, 15) is 32.3 Å². The largest absolute Gasteiger partial charge is 0.422 e. The molecule has 36 heavy (non-hydrogen) atoms. The van der Waals surface area contributed by atoms with Crippen molar-refractivity contribution in [3.05, 3.63) is 101 Å². The highest BCUT2D eigenvalue weighted by molar-refractivity contribution is 6.39. The summed E-state index contributed by atoms with van der Waals surface area (Å²) in [5, 5.41) is 1.95. The van der Waals surface area contributed by atoms with Crippen LogP contribution in [0.5, 0.6) is 5.75 Å². The zero-order valence-electron chi connectivity index (χ0n) is 18.6. The van der Waals surface area contributed by atoms with E-state index in [2.05, 4.69) is 0 Å². The molecular weight excluding hydrogens is 477 g/mol. The highest BCUT2D eigenvalue weighted by Gasteiger charge is 2.38. The maximum atomic E-state index is 13.1. The SMILES string of the molecule is Cc1cccc(C(=O)Oc2ccccc2/C=C2/C(=O)NC(=O)N(c3cccc(C(F)(F)F)c3)C2=O)c1. The van der Waals surface area contributed by atoms with E-state index in [0.29, 0.717) is 11.0 Å². The molecule has 4 rings (SSSR count). The van der Waals surface area contributed by atoms with Crippen molar-refractivity contribution in [2.45, 2.75) is 13.1 Å². The lowest BCUT2D eigenvalue weighted by molar-refractivity contribution is -0.137. The number of benzene rings is 3. The van der Waals surface area contributed by atoms with Crippen LogP contribution in [0.25, 0.3) is 6.08 Å². The van der Waals surface area contributed by atoms with Gasteiger partial charge in [0.25, 0.3) is 11.8 Å². The molecule has 0 aromatic heterocycles. The first-order chi connectivity index (χ1) is 17.0. The molecule has 0 bridgehead atoms. The molecule has 1 saturated heterocycles. The van der Waals surface area contributed by atoms with E-state index < -0.39 is 41.1 Å². The third kappa shape index (κ3) is 5.02. The number of urea groups is 1. The quantitative estimate of drug-likeness (QED) is 0.241. The minimum Gasteiger partial charge on any atom is -0.422 e. The summed E-state index contributed by atoms with van der Waals surface area (Å²) in [5.74, 6) is -2.83. The number of carbonyl (C=O) groups excluding carboxylic acids is 4. The molecular formula is C26H17F3N2O5. The van der Waals surface area contributed by atoms with E-state index in [4.69, 9.17) is 4.74 Å². The van der Waals surface area contributed by atoms with E-state index in [-0.39, 0.29) is 22.6 Å². The number of esters is 1. The lowest BCUT2D eigenvalue weighted by Crippen LogP contribution is -2.54. The average molecular weight is 494 g/mol. The van der Waals surface area contributed by atoms with Crippen molar-refractivity contribution in [3.8, 4) is 5.75 Å². The van der Waals surface area contributed by atoms with Crippen molar-refractivity contribution in [3.63, 3.8) is 0 Å². The lowest BCUT2D eigenvalue weighted by Gasteiger charge is -2.27. The third-order valence-electron chi connectivity index (χ3n) is 5.21. The molecule has 4 amide bonds. The van der Waals surface area contributed by atoms with Crippen LogP contribution in [0, 0.1) is 6.92 Å². The zero-order chi connectivity index (χ0) is 26.0. The Labute approximate surface area is 202 Å². The van der Waals surface area contributed by atoms with E-state index in [1.165, 1.54) is 12.1 Å². The molecule has 1 N–H and O–H groups in total. The summed E-state index contributed by atoms with van der Waals surface area (Å²) in [6.07, 6.45) is -3.61. The van der Waals surface area contributed by atoms with Crippen LogP contribution in [0.1, 0.15) is 27.0 Å². The Morgan fingerprint density at radius 2 is 1.67 bits per heavy atom. The van der Waals surface area contributed by atoms with Gasteiger partial charge in [-0.05, 0) is 49.4 Å². The van der Waals surface area contributed by atoms with Crippen molar-refractivity contribution in [1.82, 2.24) is 5.32 Å². The third-order valence-corrected chi connectivity index (χ3v) is 5.21. The Morgan fingerprint density at radius 3 is 2.39 bits per heavy atom. The van der Waals surface area contributed by atoms with E-state index in [1.807, 2.05) is 5.32 Å². The van der Waals surface area contributed by atoms with Gasteiger partial charge in [0, 0.05) is 5.56 Å². The Hall–Kier alpha value is -4.73. The molecule has 1 aliphatic heterocycles. The molecule has 0 radical (unpaired) electrons. The van der Waals surface area contributed by atoms with Gasteiger partial charge < -0.3 is 4.74 Å². The first-order valence-corrected chi connectivity index (χ1v) is 10.5. The Kier molecular flexibility index (Phi) is 6.43. The van der Waals surface area contributed by atoms with Crippen LogP contribution >= 0.6 is 0 Å². The van der Waals surface area contributed by atoms with E-state index >= 15 is 0 Å². The van der Waals surface area contributed by atoms with Crippen LogP contribution in [0.2, 0.25) is 0 Å². The highest BCUT2D eigenvalue weighted by Crippen LogP contribution is 2.33. The zero-order valence-corrected chi connectivity index (χ0v) is 18.6. The van der Waals surface area contributed by atoms with Crippen LogP contribution in [-0.4, -0.2) is 23.8 Å². The number of hydrogen-bond acceptors (Lipinski definition) is 5. The summed E-state index contributed by atoms with van der Waals surface area (Å²) in [7, 11) is 0. The summed E-state index contributed by atoms with van der Waals surface area (Å²) >= 11 is 0. The van der Waals surface area contributed by atoms with Gasteiger partial charge >= 0.3 is 18.2 Å². The molecule has 3 aromatic carbocycles. The van der Waals surface area contributed by atoms with Crippen molar-refractivity contribution in [2.75, 3.05) is 4.90 Å². The average Bonchev–Trinajstić information content (AvgIpc) is 2.82. The molecule has 0 unspecified atom stereocenters. The number of rotatable bonds is 4. The summed E-state index contributed by atoms with van der Waals surface area (Å²) in [5.41, 5.74) is -0.698. The number of carbonyl (C=O) groups is 4. The van der Waals surface area contributed by atoms with E-state index in [1.54, 1.807) is 43.3 Å². The maximum absolute atomic E-state index is 13.1. The molecule has 1 heterocycles. The van der Waals surface area contributed by atoms with Gasteiger partial charge in [-0.25, -0.2) is 14.5 Å². The van der Waals surface area contributed by atoms with Crippen molar-refractivity contribution in [1.29, 1.82) is 0 Å². The van der Waals surface area contributed by atoms with Gasteiger partial charge in [0.2, 0.25) is 0 Å². The number of aryl methyl sites for hydroxylation is 1. The van der Waals surface area contributed by atoms with Crippen LogP contribution in [0.3, 0.4) is 0 Å². The fourth-order valence-electron chi connectivity index (χ4n) is 3.49. The summed E-state index contributed by atoms with van der Waals surface area (Å²) in [4.78, 5) is 51.0. The summed E-state index contributed by atoms with van der Waals surface area (Å²) in [6.45, 7) is 1.81. The van der Waals surface area contributed by atoms with Gasteiger partial charge in [-0.15, -0.1) is 0 Å². The number of ether oxygens (including phenoxy) is 1. The lowest BCUT2D eigenvalue weighted by atomic mass is 10.1. The molecule has 1 fully saturated rings. The second-order valence-corrected chi connectivity index (χ2v) is 7.80. The normalized spacial score (nSPS) is 15.2. The molecule has 0 saturated carbocycles. The second kappa shape index (κ2) is 9.49. The number of amides is 4. The maximum Gasteiger partial charge on any atom is 0.416 e. The Balaban J connectivity index is 1.69. The number of hydrogen-bond donors (Lipinski definition) is 1. The monoisotopic (exact) mass is 494 g/mol.